The fraction of sp³-hybridized carbons (Fsp3) is 0.762. The van der Waals surface area contributed by atoms with E-state index in [4.69, 9.17) is 4.52 Å². The number of nitrogens with zero attached hydrogens (tertiary/aromatic N) is 5. The summed E-state index contributed by atoms with van der Waals surface area (Å²) in [5, 5.41) is 7.50. The van der Waals surface area contributed by atoms with Gasteiger partial charge in [0.05, 0.1) is 11.7 Å². The first-order chi connectivity index (χ1) is 14.0. The second-order valence-corrected chi connectivity index (χ2v) is 8.11. The zero-order valence-electron chi connectivity index (χ0n) is 18.8. The number of hydrogen-bond donors (Lipinski definition) is 1. The van der Waals surface area contributed by atoms with Gasteiger partial charge in [0, 0.05) is 58.4 Å². The summed E-state index contributed by atoms with van der Waals surface area (Å²) < 4.78 is 5.23. The Bertz CT molecular complexity index is 689. The molecule has 0 aromatic carbocycles. The van der Waals surface area contributed by atoms with Gasteiger partial charge in [-0.15, -0.1) is 24.0 Å². The van der Waals surface area contributed by atoms with E-state index in [0.29, 0.717) is 0 Å². The summed E-state index contributed by atoms with van der Waals surface area (Å²) >= 11 is 0. The Morgan fingerprint density at radius 1 is 1.13 bits per heavy atom. The van der Waals surface area contributed by atoms with Crippen molar-refractivity contribution in [3.8, 4) is 0 Å². The van der Waals surface area contributed by atoms with Gasteiger partial charge < -0.3 is 19.6 Å². The number of carbonyl (C=O) groups is 1. The van der Waals surface area contributed by atoms with Gasteiger partial charge in [-0.05, 0) is 46.5 Å². The van der Waals surface area contributed by atoms with Gasteiger partial charge in [0.25, 0.3) is 0 Å². The molecule has 1 atom stereocenters. The lowest BCUT2D eigenvalue weighted by Gasteiger charge is -2.39. The Morgan fingerprint density at radius 2 is 1.80 bits per heavy atom. The largest absolute Gasteiger partial charge is 0.361 e. The van der Waals surface area contributed by atoms with E-state index in [9.17, 15) is 4.79 Å². The summed E-state index contributed by atoms with van der Waals surface area (Å²) in [6.07, 6.45) is 4.24. The lowest BCUT2D eigenvalue weighted by molar-refractivity contribution is -0.135. The van der Waals surface area contributed by atoms with E-state index < -0.39 is 0 Å². The normalized spacial score (nSPS) is 19.0. The van der Waals surface area contributed by atoms with Crippen molar-refractivity contribution in [3.05, 3.63) is 17.0 Å². The number of hydrogen-bond acceptors (Lipinski definition) is 5. The van der Waals surface area contributed by atoms with Crippen LogP contribution >= 0.6 is 24.0 Å². The maximum atomic E-state index is 12.7. The minimum atomic E-state index is -0.0275. The summed E-state index contributed by atoms with van der Waals surface area (Å²) in [6, 6.07) is -0.0275. The van der Waals surface area contributed by atoms with Crippen LogP contribution in [0, 0.1) is 13.8 Å². The lowest BCUT2D eigenvalue weighted by atomic mass is 10.1. The molecule has 1 unspecified atom stereocenters. The average Bonchev–Trinajstić information content (AvgIpc) is 3.38. The molecule has 0 radical (unpaired) electrons. The van der Waals surface area contributed by atoms with Crippen LogP contribution in [-0.2, 0) is 11.2 Å². The number of aliphatic imine (C=N–C) groups is 1. The number of rotatable bonds is 6. The molecule has 30 heavy (non-hydrogen) atoms. The van der Waals surface area contributed by atoms with Crippen LogP contribution in [0.2, 0.25) is 0 Å². The lowest BCUT2D eigenvalue weighted by Crippen LogP contribution is -2.57. The minimum absolute atomic E-state index is 0. The van der Waals surface area contributed by atoms with Crippen molar-refractivity contribution in [1.82, 2.24) is 25.2 Å². The second-order valence-electron chi connectivity index (χ2n) is 8.11. The van der Waals surface area contributed by atoms with Crippen molar-refractivity contribution in [2.45, 2.75) is 52.5 Å². The number of aryl methyl sites for hydroxylation is 2. The molecule has 170 valence electrons. The number of halogens is 1. The van der Waals surface area contributed by atoms with Gasteiger partial charge in [0.2, 0.25) is 5.91 Å². The van der Waals surface area contributed by atoms with Crippen LogP contribution in [0.4, 0.5) is 0 Å². The van der Waals surface area contributed by atoms with Crippen molar-refractivity contribution >= 4 is 35.8 Å². The molecule has 8 nitrogen and oxygen atoms in total. The molecule has 2 saturated heterocycles. The first kappa shape index (κ1) is 24.9. The molecule has 0 bridgehead atoms. The summed E-state index contributed by atoms with van der Waals surface area (Å²) in [7, 11) is 1.84. The van der Waals surface area contributed by atoms with Crippen LogP contribution in [0.1, 0.15) is 43.2 Å². The van der Waals surface area contributed by atoms with Gasteiger partial charge >= 0.3 is 0 Å². The fourth-order valence-electron chi connectivity index (χ4n) is 4.34. The number of guanidine groups is 1. The maximum Gasteiger partial charge on any atom is 0.239 e. The number of piperazine rings is 1. The molecule has 3 heterocycles. The van der Waals surface area contributed by atoms with Crippen LogP contribution < -0.4 is 5.32 Å². The Morgan fingerprint density at radius 3 is 2.37 bits per heavy atom. The molecule has 2 aliphatic rings. The third-order valence-corrected chi connectivity index (χ3v) is 6.22. The van der Waals surface area contributed by atoms with Crippen molar-refractivity contribution in [2.75, 3.05) is 52.9 Å². The number of nitrogens with one attached hydrogen (secondary N) is 1. The maximum absolute atomic E-state index is 12.7. The highest BCUT2D eigenvalue weighted by Gasteiger charge is 2.30. The van der Waals surface area contributed by atoms with E-state index >= 15 is 0 Å². The van der Waals surface area contributed by atoms with Crippen LogP contribution in [0.5, 0.6) is 0 Å². The number of likely N-dealkylation sites (tertiary alicyclic amines) is 1. The van der Waals surface area contributed by atoms with Gasteiger partial charge in [0.15, 0.2) is 5.96 Å². The molecule has 3 rings (SSSR count). The summed E-state index contributed by atoms with van der Waals surface area (Å²) in [6.45, 7) is 12.3. The van der Waals surface area contributed by atoms with E-state index in [1.54, 1.807) is 0 Å². The summed E-state index contributed by atoms with van der Waals surface area (Å²) in [4.78, 5) is 23.7. The zero-order valence-corrected chi connectivity index (χ0v) is 21.1. The molecule has 0 aliphatic carbocycles. The Labute approximate surface area is 197 Å². The van der Waals surface area contributed by atoms with E-state index in [1.807, 2.05) is 25.8 Å². The molecule has 1 N–H and O–H groups in total. The van der Waals surface area contributed by atoms with E-state index in [-0.39, 0.29) is 35.9 Å². The van der Waals surface area contributed by atoms with E-state index in [1.165, 1.54) is 5.56 Å². The quantitative estimate of drug-likeness (QED) is 0.262. The SMILES string of the molecule is CN=C(NCCCc1c(C)noc1C)N1CCN(C(C)C(=O)N2CCCC2)CC1.I. The van der Waals surface area contributed by atoms with Gasteiger partial charge in [0.1, 0.15) is 5.76 Å². The third-order valence-electron chi connectivity index (χ3n) is 6.22. The Kier molecular flexibility index (Phi) is 9.86. The highest BCUT2D eigenvalue weighted by Crippen LogP contribution is 2.15. The van der Waals surface area contributed by atoms with Gasteiger partial charge in [-0.25, -0.2) is 0 Å². The average molecular weight is 532 g/mol. The smallest absolute Gasteiger partial charge is 0.239 e. The van der Waals surface area contributed by atoms with Crippen LogP contribution in [0.3, 0.4) is 0 Å². The molecule has 1 amide bonds. The standard InChI is InChI=1S/C21H36N6O2.HI/c1-16-19(18(3)29-24-16)8-7-9-23-21(22-4)27-14-12-25(13-15-27)17(2)20(28)26-10-5-6-11-26;/h17H,5-15H2,1-4H3,(H,22,23);1H. The van der Waals surface area contributed by atoms with Gasteiger partial charge in [-0.1, -0.05) is 5.16 Å². The van der Waals surface area contributed by atoms with E-state index in [2.05, 4.69) is 32.2 Å². The molecular weight excluding hydrogens is 495 g/mol. The van der Waals surface area contributed by atoms with E-state index in [0.717, 1.165) is 88.9 Å². The van der Waals surface area contributed by atoms with Crippen LogP contribution in [-0.4, -0.2) is 90.6 Å². The van der Waals surface area contributed by atoms with Crippen molar-refractivity contribution < 1.29 is 9.32 Å². The fourth-order valence-corrected chi connectivity index (χ4v) is 4.34. The summed E-state index contributed by atoms with van der Waals surface area (Å²) in [5.41, 5.74) is 2.20. The molecule has 1 aromatic heterocycles. The van der Waals surface area contributed by atoms with Gasteiger partial charge in [-0.2, -0.15) is 0 Å². The van der Waals surface area contributed by atoms with Crippen molar-refractivity contribution in [3.63, 3.8) is 0 Å². The topological polar surface area (TPSA) is 77.2 Å². The second kappa shape index (κ2) is 11.9. The number of carbonyl (C=O) groups excluding carboxylic acids is 1. The van der Waals surface area contributed by atoms with Gasteiger partial charge in [-0.3, -0.25) is 14.7 Å². The first-order valence-corrected chi connectivity index (χ1v) is 10.9. The minimum Gasteiger partial charge on any atom is -0.361 e. The number of aromatic nitrogens is 1. The molecule has 0 saturated carbocycles. The van der Waals surface area contributed by atoms with Crippen LogP contribution in [0.15, 0.2) is 9.52 Å². The first-order valence-electron chi connectivity index (χ1n) is 10.9. The molecule has 2 aliphatic heterocycles. The monoisotopic (exact) mass is 532 g/mol. The molecular formula is C21H37IN6O2. The summed E-state index contributed by atoms with van der Waals surface area (Å²) in [5.74, 6) is 2.15. The van der Waals surface area contributed by atoms with Crippen LogP contribution in [0.25, 0.3) is 0 Å². The third kappa shape index (κ3) is 6.09. The molecule has 0 spiro atoms. The molecule has 2 fully saturated rings. The number of amides is 1. The highest BCUT2D eigenvalue weighted by atomic mass is 127. The predicted molar refractivity (Wildman–Crippen MR) is 129 cm³/mol. The molecule has 1 aromatic rings. The zero-order chi connectivity index (χ0) is 20.8. The van der Waals surface area contributed by atoms with Crippen molar-refractivity contribution in [1.29, 1.82) is 0 Å². The molecule has 9 heteroatoms. The Hall–Kier alpha value is -1.36. The Balaban J connectivity index is 0.00000320. The van der Waals surface area contributed by atoms with Crippen molar-refractivity contribution in [2.24, 2.45) is 4.99 Å². The predicted octanol–water partition coefficient (Wildman–Crippen LogP) is 2.05. The highest BCUT2D eigenvalue weighted by molar-refractivity contribution is 14.0.